The Labute approximate surface area is 105 Å². The Kier molecular flexibility index (Phi) is 7.09. The van der Waals surface area contributed by atoms with Gasteiger partial charge in [-0.1, -0.05) is 37.3 Å². The van der Waals surface area contributed by atoms with E-state index in [1.165, 1.54) is 18.4 Å². The van der Waals surface area contributed by atoms with Crippen LogP contribution in [0.5, 0.6) is 0 Å². The number of nitriles is 1. The Morgan fingerprint density at radius 2 is 1.88 bits per heavy atom. The van der Waals surface area contributed by atoms with Gasteiger partial charge < -0.3 is 0 Å². The number of hydrogen-bond donors (Lipinski definition) is 0. The zero-order chi connectivity index (χ0) is 12.3. The van der Waals surface area contributed by atoms with Crippen molar-refractivity contribution in [1.29, 1.82) is 5.26 Å². The third-order valence-corrected chi connectivity index (χ3v) is 2.87. The zero-order valence-corrected chi connectivity index (χ0v) is 10.7. The molecule has 2 nitrogen and oxygen atoms in total. The van der Waals surface area contributed by atoms with E-state index < -0.39 is 0 Å². The lowest BCUT2D eigenvalue weighted by Gasteiger charge is -2.17. The van der Waals surface area contributed by atoms with Crippen LogP contribution in [0.1, 0.15) is 31.7 Å². The van der Waals surface area contributed by atoms with Crippen LogP contribution in [0.25, 0.3) is 0 Å². The number of hydrogen-bond acceptors (Lipinski definition) is 2. The summed E-state index contributed by atoms with van der Waals surface area (Å²) >= 11 is 0. The van der Waals surface area contributed by atoms with Gasteiger partial charge in [0.2, 0.25) is 0 Å². The Bertz CT molecular complexity index is 327. The monoisotopic (exact) mass is 230 g/mol. The predicted molar refractivity (Wildman–Crippen MR) is 71.7 cm³/mol. The van der Waals surface area contributed by atoms with E-state index in [4.69, 9.17) is 5.26 Å². The minimum Gasteiger partial charge on any atom is -0.291 e. The van der Waals surface area contributed by atoms with Crippen LogP contribution in [-0.2, 0) is 6.42 Å². The van der Waals surface area contributed by atoms with Gasteiger partial charge in [-0.25, -0.2) is 0 Å². The van der Waals surface area contributed by atoms with Crippen molar-refractivity contribution >= 4 is 0 Å². The van der Waals surface area contributed by atoms with Crippen molar-refractivity contribution in [2.75, 3.05) is 19.6 Å². The SMILES string of the molecule is CCCN(CC#N)CCCCc1ccccc1. The molecule has 1 aromatic rings. The van der Waals surface area contributed by atoms with Crippen LogP contribution in [0.15, 0.2) is 30.3 Å². The third-order valence-electron chi connectivity index (χ3n) is 2.87. The van der Waals surface area contributed by atoms with Crippen LogP contribution in [-0.4, -0.2) is 24.5 Å². The molecule has 0 aliphatic rings. The van der Waals surface area contributed by atoms with Gasteiger partial charge >= 0.3 is 0 Å². The molecule has 0 aliphatic carbocycles. The van der Waals surface area contributed by atoms with E-state index in [9.17, 15) is 0 Å². The lowest BCUT2D eigenvalue weighted by atomic mass is 10.1. The molecular formula is C15H22N2. The Morgan fingerprint density at radius 1 is 1.12 bits per heavy atom. The van der Waals surface area contributed by atoms with Crippen molar-refractivity contribution in [3.63, 3.8) is 0 Å². The summed E-state index contributed by atoms with van der Waals surface area (Å²) in [5, 5.41) is 8.71. The first-order chi connectivity index (χ1) is 8.36. The summed E-state index contributed by atoms with van der Waals surface area (Å²) in [6, 6.07) is 12.8. The third kappa shape index (κ3) is 6.09. The lowest BCUT2D eigenvalue weighted by molar-refractivity contribution is 0.299. The summed E-state index contributed by atoms with van der Waals surface area (Å²) in [5.41, 5.74) is 1.41. The predicted octanol–water partition coefficient (Wildman–Crippen LogP) is 3.24. The van der Waals surface area contributed by atoms with Crippen LogP contribution in [0, 0.1) is 11.3 Å². The number of rotatable bonds is 8. The summed E-state index contributed by atoms with van der Waals surface area (Å²) in [6.45, 7) is 4.82. The van der Waals surface area contributed by atoms with Gasteiger partial charge in [-0.05, 0) is 44.3 Å². The van der Waals surface area contributed by atoms with Crippen molar-refractivity contribution in [3.05, 3.63) is 35.9 Å². The summed E-state index contributed by atoms with van der Waals surface area (Å²) in [6.07, 6.45) is 4.65. The Hall–Kier alpha value is -1.33. The van der Waals surface area contributed by atoms with Gasteiger partial charge in [-0.3, -0.25) is 4.90 Å². The number of aryl methyl sites for hydroxylation is 1. The minimum absolute atomic E-state index is 0.569. The average molecular weight is 230 g/mol. The molecular weight excluding hydrogens is 208 g/mol. The van der Waals surface area contributed by atoms with E-state index in [0.29, 0.717) is 6.54 Å². The highest BCUT2D eigenvalue weighted by Crippen LogP contribution is 2.05. The molecule has 0 saturated carbocycles. The second-order valence-corrected chi connectivity index (χ2v) is 4.38. The molecule has 0 amide bonds. The van der Waals surface area contributed by atoms with Crippen LogP contribution in [0.4, 0.5) is 0 Å². The van der Waals surface area contributed by atoms with Gasteiger partial charge in [0.25, 0.3) is 0 Å². The molecule has 0 atom stereocenters. The van der Waals surface area contributed by atoms with E-state index in [1.54, 1.807) is 0 Å². The summed E-state index contributed by atoms with van der Waals surface area (Å²) < 4.78 is 0. The number of nitrogens with zero attached hydrogens (tertiary/aromatic N) is 2. The molecule has 0 unspecified atom stereocenters. The number of benzene rings is 1. The molecule has 17 heavy (non-hydrogen) atoms. The van der Waals surface area contributed by atoms with Gasteiger partial charge in [0.1, 0.15) is 0 Å². The van der Waals surface area contributed by atoms with Gasteiger partial charge in [0.15, 0.2) is 0 Å². The topological polar surface area (TPSA) is 27.0 Å². The second kappa shape index (κ2) is 8.78. The number of unbranched alkanes of at least 4 members (excludes halogenated alkanes) is 1. The quantitative estimate of drug-likeness (QED) is 0.506. The van der Waals surface area contributed by atoms with Crippen LogP contribution in [0.2, 0.25) is 0 Å². The molecule has 1 aromatic carbocycles. The second-order valence-electron chi connectivity index (χ2n) is 4.38. The van der Waals surface area contributed by atoms with Crippen molar-refractivity contribution in [1.82, 2.24) is 4.90 Å². The van der Waals surface area contributed by atoms with Gasteiger partial charge in [-0.15, -0.1) is 0 Å². The average Bonchev–Trinajstić information content (AvgIpc) is 2.36. The minimum atomic E-state index is 0.569. The highest BCUT2D eigenvalue weighted by Gasteiger charge is 2.02. The molecule has 1 rings (SSSR count). The Morgan fingerprint density at radius 3 is 2.53 bits per heavy atom. The van der Waals surface area contributed by atoms with E-state index in [1.807, 2.05) is 0 Å². The van der Waals surface area contributed by atoms with Crippen molar-refractivity contribution < 1.29 is 0 Å². The van der Waals surface area contributed by atoms with Gasteiger partial charge in [0, 0.05) is 0 Å². The molecule has 92 valence electrons. The first-order valence-electron chi connectivity index (χ1n) is 6.50. The van der Waals surface area contributed by atoms with Crippen LogP contribution in [0.3, 0.4) is 0 Å². The van der Waals surface area contributed by atoms with Gasteiger partial charge in [0.05, 0.1) is 12.6 Å². The standard InChI is InChI=1S/C15H22N2/c1-2-12-17(14-11-16)13-7-6-10-15-8-4-3-5-9-15/h3-5,8-9H,2,6-7,10,12-14H2,1H3. The molecule has 0 aliphatic heterocycles. The summed E-state index contributed by atoms with van der Waals surface area (Å²) in [4.78, 5) is 2.24. The van der Waals surface area contributed by atoms with E-state index in [2.05, 4.69) is 48.2 Å². The molecule has 0 heterocycles. The fourth-order valence-electron chi connectivity index (χ4n) is 2.00. The van der Waals surface area contributed by atoms with Crippen molar-refractivity contribution in [3.8, 4) is 6.07 Å². The highest BCUT2D eigenvalue weighted by molar-refractivity contribution is 5.14. The molecule has 0 spiro atoms. The molecule has 2 heteroatoms. The smallest absolute Gasteiger partial charge is 0.0865 e. The normalized spacial score (nSPS) is 10.4. The molecule has 0 N–H and O–H groups in total. The van der Waals surface area contributed by atoms with Crippen LogP contribution < -0.4 is 0 Å². The van der Waals surface area contributed by atoms with E-state index in [-0.39, 0.29) is 0 Å². The molecule has 0 fully saturated rings. The zero-order valence-electron chi connectivity index (χ0n) is 10.7. The van der Waals surface area contributed by atoms with Crippen LogP contribution >= 0.6 is 0 Å². The summed E-state index contributed by atoms with van der Waals surface area (Å²) in [5.74, 6) is 0. The maximum atomic E-state index is 8.71. The molecule has 0 saturated heterocycles. The first kappa shape index (κ1) is 13.7. The van der Waals surface area contributed by atoms with Crippen molar-refractivity contribution in [2.45, 2.75) is 32.6 Å². The van der Waals surface area contributed by atoms with Crippen molar-refractivity contribution in [2.24, 2.45) is 0 Å². The fraction of sp³-hybridized carbons (Fsp3) is 0.533. The fourth-order valence-corrected chi connectivity index (χ4v) is 2.00. The maximum absolute atomic E-state index is 8.71. The molecule has 0 aromatic heterocycles. The highest BCUT2D eigenvalue weighted by atomic mass is 15.1. The largest absolute Gasteiger partial charge is 0.291 e. The maximum Gasteiger partial charge on any atom is 0.0865 e. The van der Waals surface area contributed by atoms with Gasteiger partial charge in [-0.2, -0.15) is 5.26 Å². The first-order valence-corrected chi connectivity index (χ1v) is 6.50. The Balaban J connectivity index is 2.16. The molecule has 0 radical (unpaired) electrons. The molecule has 0 bridgehead atoms. The van der Waals surface area contributed by atoms with E-state index >= 15 is 0 Å². The summed E-state index contributed by atoms with van der Waals surface area (Å²) in [7, 11) is 0. The van der Waals surface area contributed by atoms with E-state index in [0.717, 1.165) is 25.9 Å². The lowest BCUT2D eigenvalue weighted by Crippen LogP contribution is -2.26.